The van der Waals surface area contributed by atoms with Crippen molar-refractivity contribution in [1.29, 1.82) is 0 Å². The Morgan fingerprint density at radius 2 is 1.74 bits per heavy atom. The zero-order valence-corrected chi connectivity index (χ0v) is 15.8. The molecule has 1 aliphatic carbocycles. The van der Waals surface area contributed by atoms with Crippen molar-refractivity contribution >= 4 is 33.3 Å². The quantitative estimate of drug-likeness (QED) is 0.659. The predicted octanol–water partition coefficient (Wildman–Crippen LogP) is 2.91. The van der Waals surface area contributed by atoms with Crippen LogP contribution in [0.5, 0.6) is 0 Å². The number of carbonyl (C=O) groups excluding carboxylic acids is 1. The minimum Gasteiger partial charge on any atom is -0.480 e. The third-order valence-electron chi connectivity index (χ3n) is 4.60. The number of nitrogens with one attached hydrogen (secondary N) is 2. The lowest BCUT2D eigenvalue weighted by Gasteiger charge is -2.14. The highest BCUT2D eigenvalue weighted by atomic mass is 32.2. The van der Waals surface area contributed by atoms with Gasteiger partial charge < -0.3 is 10.4 Å². The van der Waals surface area contributed by atoms with E-state index in [1.165, 1.54) is 6.07 Å². The summed E-state index contributed by atoms with van der Waals surface area (Å²) in [7, 11) is -3.87. The van der Waals surface area contributed by atoms with Gasteiger partial charge in [-0.05, 0) is 62.1 Å². The maximum Gasteiger partial charge on any atom is 0.319 e. The minimum absolute atomic E-state index is 0.0157. The average Bonchev–Trinajstić information content (AvgIpc) is 3.38. The molecule has 2 aromatic carbocycles. The SMILES string of the molecule is Cc1cccc(NS(=O)(=O)c2cc(NC(=O)C3(C(=O)O)CC3)ccc2C)c1. The molecule has 1 amide bonds. The summed E-state index contributed by atoms with van der Waals surface area (Å²) in [5.74, 6) is -1.80. The van der Waals surface area contributed by atoms with Crippen LogP contribution in [0.1, 0.15) is 24.0 Å². The average molecular weight is 388 g/mol. The van der Waals surface area contributed by atoms with Gasteiger partial charge in [-0.2, -0.15) is 0 Å². The number of rotatable bonds is 6. The molecule has 2 aromatic rings. The Kier molecular flexibility index (Phi) is 4.69. The van der Waals surface area contributed by atoms with E-state index in [1.807, 2.05) is 13.0 Å². The molecule has 1 fully saturated rings. The predicted molar refractivity (Wildman–Crippen MR) is 101 cm³/mol. The van der Waals surface area contributed by atoms with Gasteiger partial charge in [0.15, 0.2) is 0 Å². The highest BCUT2D eigenvalue weighted by molar-refractivity contribution is 7.92. The molecule has 0 spiro atoms. The third-order valence-corrected chi connectivity index (χ3v) is 6.12. The molecule has 0 radical (unpaired) electrons. The second-order valence-corrected chi connectivity index (χ2v) is 8.45. The fourth-order valence-electron chi connectivity index (χ4n) is 2.80. The smallest absolute Gasteiger partial charge is 0.319 e. The molecular formula is C19H20N2O5S. The van der Waals surface area contributed by atoms with Crippen LogP contribution >= 0.6 is 0 Å². The Balaban J connectivity index is 1.86. The minimum atomic E-state index is -3.87. The van der Waals surface area contributed by atoms with Crippen molar-refractivity contribution in [3.8, 4) is 0 Å². The van der Waals surface area contributed by atoms with E-state index in [4.69, 9.17) is 0 Å². The summed E-state index contributed by atoms with van der Waals surface area (Å²) in [6, 6.07) is 11.4. The van der Waals surface area contributed by atoms with Crippen LogP contribution < -0.4 is 10.0 Å². The number of hydrogen-bond donors (Lipinski definition) is 3. The number of amides is 1. The van der Waals surface area contributed by atoms with E-state index in [-0.39, 0.29) is 23.4 Å². The van der Waals surface area contributed by atoms with Crippen molar-refractivity contribution in [3.63, 3.8) is 0 Å². The van der Waals surface area contributed by atoms with Crippen molar-refractivity contribution < 1.29 is 23.1 Å². The summed E-state index contributed by atoms with van der Waals surface area (Å²) in [6.07, 6.45) is 0.556. The topological polar surface area (TPSA) is 113 Å². The maximum atomic E-state index is 12.8. The van der Waals surface area contributed by atoms with Crippen LogP contribution in [0.15, 0.2) is 47.4 Å². The van der Waals surface area contributed by atoms with Gasteiger partial charge >= 0.3 is 5.97 Å². The van der Waals surface area contributed by atoms with Crippen molar-refractivity contribution in [3.05, 3.63) is 53.6 Å². The number of aryl methyl sites for hydroxylation is 2. The van der Waals surface area contributed by atoms with Gasteiger partial charge in [0.2, 0.25) is 5.91 Å². The summed E-state index contributed by atoms with van der Waals surface area (Å²) >= 11 is 0. The molecule has 0 heterocycles. The van der Waals surface area contributed by atoms with Gasteiger partial charge in [-0.3, -0.25) is 14.3 Å². The first-order valence-electron chi connectivity index (χ1n) is 8.39. The maximum absolute atomic E-state index is 12.8. The highest BCUT2D eigenvalue weighted by Crippen LogP contribution is 2.46. The van der Waals surface area contributed by atoms with Crippen LogP contribution in [-0.4, -0.2) is 25.4 Å². The summed E-state index contributed by atoms with van der Waals surface area (Å²) < 4.78 is 28.1. The summed E-state index contributed by atoms with van der Waals surface area (Å²) in [5, 5.41) is 11.7. The lowest BCUT2D eigenvalue weighted by molar-refractivity contribution is -0.147. The van der Waals surface area contributed by atoms with Crippen molar-refractivity contribution in [2.45, 2.75) is 31.6 Å². The van der Waals surface area contributed by atoms with Gasteiger partial charge in [0.1, 0.15) is 5.41 Å². The van der Waals surface area contributed by atoms with E-state index in [1.54, 1.807) is 37.3 Å². The molecule has 0 aliphatic heterocycles. The molecule has 142 valence electrons. The number of benzene rings is 2. The lowest BCUT2D eigenvalue weighted by Crippen LogP contribution is -2.31. The number of sulfonamides is 1. The van der Waals surface area contributed by atoms with Crippen molar-refractivity contribution in [2.75, 3.05) is 10.0 Å². The van der Waals surface area contributed by atoms with E-state index in [9.17, 15) is 23.1 Å². The van der Waals surface area contributed by atoms with E-state index < -0.39 is 27.3 Å². The number of hydrogen-bond acceptors (Lipinski definition) is 4. The first-order valence-corrected chi connectivity index (χ1v) is 9.87. The van der Waals surface area contributed by atoms with Gasteiger partial charge in [0, 0.05) is 11.4 Å². The van der Waals surface area contributed by atoms with Crippen LogP contribution in [-0.2, 0) is 19.6 Å². The summed E-state index contributed by atoms with van der Waals surface area (Å²) in [6.45, 7) is 3.51. The molecule has 1 saturated carbocycles. The van der Waals surface area contributed by atoms with Crippen LogP contribution in [0.4, 0.5) is 11.4 Å². The number of aliphatic carboxylic acids is 1. The van der Waals surface area contributed by atoms with Crippen LogP contribution in [0.25, 0.3) is 0 Å². The van der Waals surface area contributed by atoms with E-state index in [2.05, 4.69) is 10.0 Å². The second-order valence-electron chi connectivity index (χ2n) is 6.80. The van der Waals surface area contributed by atoms with Crippen LogP contribution in [0.2, 0.25) is 0 Å². The standard InChI is InChI=1S/C19H20N2O5S/c1-12-4-3-5-15(10-12)21-27(25,26)16-11-14(7-6-13(16)2)20-17(22)19(8-9-19)18(23)24/h3-7,10-11,21H,8-9H2,1-2H3,(H,20,22)(H,23,24). The zero-order chi connectivity index (χ0) is 19.8. The fourth-order valence-corrected chi connectivity index (χ4v) is 4.12. The van der Waals surface area contributed by atoms with Gasteiger partial charge in [-0.15, -0.1) is 0 Å². The van der Waals surface area contributed by atoms with Gasteiger partial charge in [-0.25, -0.2) is 8.42 Å². The molecule has 0 unspecified atom stereocenters. The zero-order valence-electron chi connectivity index (χ0n) is 14.9. The Hall–Kier alpha value is -2.87. The lowest BCUT2D eigenvalue weighted by atomic mass is 10.1. The van der Waals surface area contributed by atoms with E-state index in [0.717, 1.165) is 5.56 Å². The van der Waals surface area contributed by atoms with Crippen LogP contribution in [0, 0.1) is 19.3 Å². The monoisotopic (exact) mass is 388 g/mol. The van der Waals surface area contributed by atoms with Gasteiger partial charge in [0.25, 0.3) is 10.0 Å². The first-order chi connectivity index (χ1) is 12.6. The number of carboxylic acid groups (broad SMARTS) is 1. The fraction of sp³-hybridized carbons (Fsp3) is 0.263. The second kappa shape index (κ2) is 6.70. The molecule has 3 rings (SSSR count). The summed E-state index contributed by atoms with van der Waals surface area (Å²) in [5.41, 5.74) is 0.697. The molecule has 27 heavy (non-hydrogen) atoms. The molecule has 0 saturated heterocycles. The van der Waals surface area contributed by atoms with E-state index in [0.29, 0.717) is 11.3 Å². The Morgan fingerprint density at radius 1 is 1.04 bits per heavy atom. The third kappa shape index (κ3) is 3.80. The molecule has 3 N–H and O–H groups in total. The Bertz CT molecular complexity index is 1030. The largest absolute Gasteiger partial charge is 0.480 e. The molecule has 7 nitrogen and oxygen atoms in total. The van der Waals surface area contributed by atoms with Crippen molar-refractivity contribution in [1.82, 2.24) is 0 Å². The number of carbonyl (C=O) groups is 2. The molecular weight excluding hydrogens is 368 g/mol. The molecule has 0 atom stereocenters. The normalized spacial score (nSPS) is 15.0. The van der Waals surface area contributed by atoms with E-state index >= 15 is 0 Å². The Morgan fingerprint density at radius 3 is 2.33 bits per heavy atom. The van der Waals surface area contributed by atoms with Gasteiger partial charge in [-0.1, -0.05) is 18.2 Å². The summed E-state index contributed by atoms with van der Waals surface area (Å²) in [4.78, 5) is 23.5. The molecule has 0 bridgehead atoms. The molecule has 1 aliphatic rings. The first kappa shape index (κ1) is 18.9. The highest BCUT2D eigenvalue weighted by Gasteiger charge is 2.57. The van der Waals surface area contributed by atoms with Gasteiger partial charge in [0.05, 0.1) is 4.90 Å². The Labute approximate surface area is 157 Å². The number of anilines is 2. The van der Waals surface area contributed by atoms with Crippen LogP contribution in [0.3, 0.4) is 0 Å². The number of carboxylic acids is 1. The van der Waals surface area contributed by atoms with Crippen molar-refractivity contribution in [2.24, 2.45) is 5.41 Å². The molecule has 8 heteroatoms. The molecule has 0 aromatic heterocycles.